The molecule has 0 unspecified atom stereocenters. The first kappa shape index (κ1) is 24.7. The third kappa shape index (κ3) is 6.55. The van der Waals surface area contributed by atoms with Crippen LogP contribution >= 0.6 is 23.5 Å². The van der Waals surface area contributed by atoms with Crippen molar-refractivity contribution >= 4 is 58.3 Å². The van der Waals surface area contributed by atoms with Crippen LogP contribution in [0.3, 0.4) is 0 Å². The van der Waals surface area contributed by atoms with Gasteiger partial charge in [0.05, 0.1) is 27.9 Å². The van der Waals surface area contributed by atoms with Crippen LogP contribution in [0.2, 0.25) is 0 Å². The van der Waals surface area contributed by atoms with Crippen molar-refractivity contribution in [3.8, 4) is 0 Å². The van der Waals surface area contributed by atoms with Crippen LogP contribution in [0.15, 0.2) is 28.0 Å². The Labute approximate surface area is 197 Å². The summed E-state index contributed by atoms with van der Waals surface area (Å²) >= 11 is 1.85. The van der Waals surface area contributed by atoms with Gasteiger partial charge in [0.15, 0.2) is 0 Å². The zero-order valence-electron chi connectivity index (χ0n) is 17.7. The monoisotopic (exact) mass is 495 g/mol. The Hall–Kier alpha value is -2.90. The van der Waals surface area contributed by atoms with Gasteiger partial charge in [-0.2, -0.15) is 0 Å². The first-order valence-electron chi connectivity index (χ1n) is 9.91. The van der Waals surface area contributed by atoms with E-state index in [1.54, 1.807) is 6.07 Å². The summed E-state index contributed by atoms with van der Waals surface area (Å²) in [6, 6.07) is 4.43. The van der Waals surface area contributed by atoms with Gasteiger partial charge >= 0.3 is 5.97 Å². The van der Waals surface area contributed by atoms with Crippen molar-refractivity contribution in [2.75, 3.05) is 45.2 Å². The van der Waals surface area contributed by atoms with E-state index in [0.29, 0.717) is 54.3 Å². The molecule has 2 aliphatic rings. The van der Waals surface area contributed by atoms with Crippen LogP contribution in [0, 0.1) is 10.1 Å². The summed E-state index contributed by atoms with van der Waals surface area (Å²) in [5.41, 5.74) is 0.203. The Morgan fingerprint density at radius 3 is 2.70 bits per heavy atom. The number of morpholine rings is 1. The lowest BCUT2D eigenvalue weighted by Gasteiger charge is -2.28. The Morgan fingerprint density at radius 2 is 2.03 bits per heavy atom. The Balaban J connectivity index is 1.70. The molecule has 2 heterocycles. The number of benzene rings is 1. The molecule has 0 aromatic heterocycles. The van der Waals surface area contributed by atoms with Crippen molar-refractivity contribution < 1.29 is 33.6 Å². The third-order valence-electron chi connectivity index (χ3n) is 4.65. The van der Waals surface area contributed by atoms with Crippen LogP contribution in [0.1, 0.15) is 12.5 Å². The number of hydrogen-bond donors (Lipinski definition) is 0. The molecule has 2 saturated heterocycles. The Morgan fingerprint density at radius 1 is 1.30 bits per heavy atom. The average Bonchev–Trinajstić information content (AvgIpc) is 3.05. The highest BCUT2D eigenvalue weighted by Gasteiger charge is 2.37. The number of imide groups is 1. The number of ether oxygens (including phenoxy) is 2. The van der Waals surface area contributed by atoms with E-state index in [1.807, 2.05) is 0 Å². The SMILES string of the molecule is CC(=O)OCCSc1ccc(/C=C2/SC(=O)N(CC(=O)N3CCOCC3)C2=O)cc1[N+](=O)[O-]. The van der Waals surface area contributed by atoms with Crippen LogP contribution in [-0.2, 0) is 23.9 Å². The molecule has 176 valence electrons. The summed E-state index contributed by atoms with van der Waals surface area (Å²) in [6.45, 7) is 2.66. The van der Waals surface area contributed by atoms with Crippen LogP contribution in [0.4, 0.5) is 10.5 Å². The maximum absolute atomic E-state index is 12.7. The minimum Gasteiger partial charge on any atom is -0.465 e. The molecule has 0 N–H and O–H groups in total. The molecule has 2 fully saturated rings. The van der Waals surface area contributed by atoms with Crippen LogP contribution in [0.25, 0.3) is 6.08 Å². The van der Waals surface area contributed by atoms with Gasteiger partial charge in [-0.15, -0.1) is 11.8 Å². The van der Waals surface area contributed by atoms with Gasteiger partial charge in [0, 0.05) is 31.8 Å². The van der Waals surface area contributed by atoms with Crippen molar-refractivity contribution in [2.45, 2.75) is 11.8 Å². The van der Waals surface area contributed by atoms with E-state index in [-0.39, 0.29) is 29.7 Å². The fraction of sp³-hybridized carbons (Fsp3) is 0.400. The highest BCUT2D eigenvalue weighted by molar-refractivity contribution is 8.18. The zero-order valence-corrected chi connectivity index (χ0v) is 19.3. The predicted octanol–water partition coefficient (Wildman–Crippen LogP) is 2.15. The first-order chi connectivity index (χ1) is 15.8. The quantitative estimate of drug-likeness (QED) is 0.132. The van der Waals surface area contributed by atoms with Crippen LogP contribution < -0.4 is 0 Å². The molecular formula is C20H21N3O8S2. The Bertz CT molecular complexity index is 1010. The van der Waals surface area contributed by atoms with Gasteiger partial charge in [-0.1, -0.05) is 6.07 Å². The van der Waals surface area contributed by atoms with Crippen molar-refractivity contribution in [3.05, 3.63) is 38.8 Å². The normalized spacial score (nSPS) is 17.5. The average molecular weight is 496 g/mol. The molecule has 3 rings (SSSR count). The summed E-state index contributed by atoms with van der Waals surface area (Å²) in [5.74, 6) is -1.04. The number of nitrogens with zero attached hydrogens (tertiary/aromatic N) is 3. The van der Waals surface area contributed by atoms with Crippen LogP contribution in [0.5, 0.6) is 0 Å². The van der Waals surface area contributed by atoms with Crippen LogP contribution in [-0.4, -0.2) is 83.0 Å². The van der Waals surface area contributed by atoms with Gasteiger partial charge in [0.1, 0.15) is 13.2 Å². The van der Waals surface area contributed by atoms with Gasteiger partial charge in [0.2, 0.25) is 5.91 Å². The Kier molecular flexibility index (Phi) is 8.47. The molecule has 1 aromatic rings. The van der Waals surface area contributed by atoms with Crippen molar-refractivity contribution in [1.82, 2.24) is 9.80 Å². The minimum absolute atomic E-state index is 0.0827. The maximum atomic E-state index is 12.7. The lowest BCUT2D eigenvalue weighted by Crippen LogP contribution is -2.46. The topological polar surface area (TPSA) is 136 Å². The largest absolute Gasteiger partial charge is 0.465 e. The highest BCUT2D eigenvalue weighted by atomic mass is 32.2. The molecule has 0 atom stereocenters. The number of rotatable bonds is 8. The van der Waals surface area contributed by atoms with Gasteiger partial charge < -0.3 is 14.4 Å². The fourth-order valence-corrected chi connectivity index (χ4v) is 4.73. The van der Waals surface area contributed by atoms with E-state index in [9.17, 15) is 29.3 Å². The van der Waals surface area contributed by atoms with E-state index >= 15 is 0 Å². The van der Waals surface area contributed by atoms with Gasteiger partial charge in [0.25, 0.3) is 16.8 Å². The number of carbonyl (C=O) groups is 4. The summed E-state index contributed by atoms with van der Waals surface area (Å²) in [4.78, 5) is 62.1. The second-order valence-corrected chi connectivity index (χ2v) is 9.06. The minimum atomic E-state index is -0.617. The molecule has 13 heteroatoms. The number of nitro groups is 1. The summed E-state index contributed by atoms with van der Waals surface area (Å²) in [5, 5.41) is 10.9. The molecule has 0 spiro atoms. The number of nitro benzene ring substituents is 1. The molecule has 3 amide bonds. The number of carbonyl (C=O) groups excluding carboxylic acids is 4. The van der Waals surface area contributed by atoms with Gasteiger partial charge in [-0.05, 0) is 29.5 Å². The molecule has 2 aliphatic heterocycles. The maximum Gasteiger partial charge on any atom is 0.302 e. The summed E-state index contributed by atoms with van der Waals surface area (Å²) < 4.78 is 10.0. The van der Waals surface area contributed by atoms with Crippen molar-refractivity contribution in [3.63, 3.8) is 0 Å². The number of esters is 1. The smallest absolute Gasteiger partial charge is 0.302 e. The molecule has 0 aliphatic carbocycles. The molecule has 0 radical (unpaired) electrons. The molecule has 0 bridgehead atoms. The van der Waals surface area contributed by atoms with Crippen molar-refractivity contribution in [1.29, 1.82) is 0 Å². The number of thioether (sulfide) groups is 2. The first-order valence-corrected chi connectivity index (χ1v) is 11.7. The van der Waals surface area contributed by atoms with E-state index < -0.39 is 22.0 Å². The van der Waals surface area contributed by atoms with E-state index in [1.165, 1.54) is 41.8 Å². The van der Waals surface area contributed by atoms with Gasteiger partial charge in [-0.3, -0.25) is 34.2 Å². The number of amides is 3. The summed E-state index contributed by atoms with van der Waals surface area (Å²) in [6.07, 6.45) is 1.39. The van der Waals surface area contributed by atoms with E-state index in [0.717, 1.165) is 4.90 Å². The standard InChI is InChI=1S/C20H21N3O8S2/c1-13(24)31-8-9-32-16-3-2-14(10-15(16)23(28)29)11-17-19(26)22(20(27)33-17)12-18(25)21-4-6-30-7-5-21/h2-3,10-11H,4-9,12H2,1H3/b17-11+. The summed E-state index contributed by atoms with van der Waals surface area (Å²) in [7, 11) is 0. The molecule has 11 nitrogen and oxygen atoms in total. The zero-order chi connectivity index (χ0) is 24.0. The predicted molar refractivity (Wildman–Crippen MR) is 121 cm³/mol. The fourth-order valence-electron chi connectivity index (χ4n) is 3.06. The second-order valence-electron chi connectivity index (χ2n) is 6.93. The lowest BCUT2D eigenvalue weighted by molar-refractivity contribution is -0.387. The van der Waals surface area contributed by atoms with Crippen molar-refractivity contribution in [2.24, 2.45) is 0 Å². The molecule has 0 saturated carbocycles. The molecular weight excluding hydrogens is 474 g/mol. The van der Waals surface area contributed by atoms with Gasteiger partial charge in [-0.25, -0.2) is 0 Å². The number of hydrogen-bond acceptors (Lipinski definition) is 10. The molecule has 33 heavy (non-hydrogen) atoms. The van der Waals surface area contributed by atoms with E-state index in [4.69, 9.17) is 9.47 Å². The van der Waals surface area contributed by atoms with E-state index in [2.05, 4.69) is 0 Å². The second kappa shape index (κ2) is 11.3. The highest BCUT2D eigenvalue weighted by Crippen LogP contribution is 2.35. The third-order valence-corrected chi connectivity index (χ3v) is 6.59. The lowest BCUT2D eigenvalue weighted by atomic mass is 10.2. The molecule has 1 aromatic carbocycles.